The van der Waals surface area contributed by atoms with Crippen LogP contribution in [-0.2, 0) is 10.0 Å². The first kappa shape index (κ1) is 20.1. The third-order valence-electron chi connectivity index (χ3n) is 4.63. The first-order chi connectivity index (χ1) is 13.3. The van der Waals surface area contributed by atoms with Crippen molar-refractivity contribution < 1.29 is 27.7 Å². The summed E-state index contributed by atoms with van der Waals surface area (Å²) in [6, 6.07) is 10.4. The minimum Gasteiger partial charge on any atom is -0.493 e. The molecule has 0 unspecified atom stereocenters. The molecular formula is C18H22N3O6S+. The molecule has 0 amide bonds. The number of sulfonamides is 1. The predicted molar refractivity (Wildman–Crippen MR) is 102 cm³/mol. The molecule has 3 rings (SSSR count). The van der Waals surface area contributed by atoms with Gasteiger partial charge >= 0.3 is 5.69 Å². The molecule has 0 atom stereocenters. The van der Waals surface area contributed by atoms with Crippen molar-refractivity contribution >= 4 is 15.7 Å². The van der Waals surface area contributed by atoms with Gasteiger partial charge in [-0.3, -0.25) is 10.1 Å². The SMILES string of the molecule is COc1ccccc1Oc1ccc(S(=O)(=O)N2CC[NH+](C)CC2)cc1[N+](=O)[O-]. The molecule has 0 spiro atoms. The van der Waals surface area contributed by atoms with Crippen LogP contribution in [0.2, 0.25) is 0 Å². The largest absolute Gasteiger partial charge is 0.493 e. The zero-order valence-corrected chi connectivity index (χ0v) is 16.4. The standard InChI is InChI=1S/C18H21N3O6S/c1-19-9-11-20(12-10-19)28(24,25)14-7-8-16(15(13-14)21(22)23)27-18-6-4-3-5-17(18)26-2/h3-8,13H,9-12H2,1-2H3/p+1. The lowest BCUT2D eigenvalue weighted by Gasteiger charge is -2.29. The van der Waals surface area contributed by atoms with E-state index in [-0.39, 0.29) is 10.6 Å². The van der Waals surface area contributed by atoms with E-state index in [4.69, 9.17) is 9.47 Å². The molecular weight excluding hydrogens is 386 g/mol. The molecule has 1 fully saturated rings. The van der Waals surface area contributed by atoms with E-state index in [0.29, 0.717) is 37.7 Å². The zero-order valence-electron chi connectivity index (χ0n) is 15.6. The number of piperazine rings is 1. The van der Waals surface area contributed by atoms with Crippen LogP contribution in [0.1, 0.15) is 0 Å². The molecule has 0 aliphatic carbocycles. The van der Waals surface area contributed by atoms with E-state index in [1.165, 1.54) is 28.4 Å². The van der Waals surface area contributed by atoms with Gasteiger partial charge in [-0.05, 0) is 24.3 Å². The fraction of sp³-hybridized carbons (Fsp3) is 0.333. The third-order valence-corrected chi connectivity index (χ3v) is 6.52. The molecule has 9 nitrogen and oxygen atoms in total. The summed E-state index contributed by atoms with van der Waals surface area (Å²) in [7, 11) is -0.347. The van der Waals surface area contributed by atoms with Gasteiger partial charge in [-0.2, -0.15) is 4.31 Å². The van der Waals surface area contributed by atoms with Crippen LogP contribution in [-0.4, -0.2) is 58.0 Å². The highest BCUT2D eigenvalue weighted by atomic mass is 32.2. The Kier molecular flexibility index (Phi) is 5.82. The number of nitrogens with zero attached hydrogens (tertiary/aromatic N) is 2. The molecule has 0 aromatic heterocycles. The molecule has 150 valence electrons. The summed E-state index contributed by atoms with van der Waals surface area (Å²) in [6.45, 7) is 2.13. The van der Waals surface area contributed by atoms with Gasteiger partial charge in [0.25, 0.3) is 0 Å². The topological polar surface area (TPSA) is 103 Å². The van der Waals surface area contributed by atoms with Gasteiger partial charge < -0.3 is 14.4 Å². The van der Waals surface area contributed by atoms with Crippen molar-refractivity contribution in [2.45, 2.75) is 4.90 Å². The van der Waals surface area contributed by atoms with E-state index >= 15 is 0 Å². The Hall–Kier alpha value is -2.69. The number of nitro benzene ring substituents is 1. The number of nitrogens with one attached hydrogen (secondary N) is 1. The first-order valence-corrected chi connectivity index (χ1v) is 10.2. The van der Waals surface area contributed by atoms with Crippen molar-refractivity contribution in [3.8, 4) is 17.2 Å². The van der Waals surface area contributed by atoms with E-state index in [1.807, 2.05) is 7.05 Å². The van der Waals surface area contributed by atoms with E-state index in [0.717, 1.165) is 6.07 Å². The molecule has 0 bridgehead atoms. The number of quaternary nitrogens is 1. The number of rotatable bonds is 6. The number of benzene rings is 2. The number of hydrogen-bond acceptors (Lipinski definition) is 6. The minimum absolute atomic E-state index is 0.0590. The van der Waals surface area contributed by atoms with Gasteiger partial charge in [0.2, 0.25) is 15.8 Å². The number of nitro groups is 1. The van der Waals surface area contributed by atoms with Gasteiger partial charge in [0.15, 0.2) is 11.5 Å². The number of para-hydroxylation sites is 2. The zero-order chi connectivity index (χ0) is 20.3. The summed E-state index contributed by atoms with van der Waals surface area (Å²) < 4.78 is 37.9. The lowest BCUT2D eigenvalue weighted by molar-refractivity contribution is -0.883. The van der Waals surface area contributed by atoms with Crippen LogP contribution in [0.15, 0.2) is 47.4 Å². The molecule has 0 radical (unpaired) electrons. The molecule has 1 saturated heterocycles. The highest BCUT2D eigenvalue weighted by Crippen LogP contribution is 2.37. The summed E-state index contributed by atoms with van der Waals surface area (Å²) in [5.74, 6) is 0.649. The maximum atomic E-state index is 12.9. The molecule has 1 aliphatic rings. The fourth-order valence-electron chi connectivity index (χ4n) is 2.97. The van der Waals surface area contributed by atoms with Crippen molar-refractivity contribution in [3.63, 3.8) is 0 Å². The number of methoxy groups -OCH3 is 1. The Morgan fingerprint density at radius 3 is 2.32 bits per heavy atom. The van der Waals surface area contributed by atoms with Gasteiger partial charge in [0, 0.05) is 6.07 Å². The Balaban J connectivity index is 1.94. The number of likely N-dealkylation sites (N-methyl/N-ethyl adjacent to an activating group) is 1. The average molecular weight is 408 g/mol. The molecule has 1 aliphatic heterocycles. The highest BCUT2D eigenvalue weighted by molar-refractivity contribution is 7.89. The van der Waals surface area contributed by atoms with E-state index in [1.54, 1.807) is 24.3 Å². The number of hydrogen-bond donors (Lipinski definition) is 1. The van der Waals surface area contributed by atoms with Gasteiger partial charge in [-0.1, -0.05) is 12.1 Å². The summed E-state index contributed by atoms with van der Waals surface area (Å²) >= 11 is 0. The van der Waals surface area contributed by atoms with Crippen LogP contribution >= 0.6 is 0 Å². The second kappa shape index (κ2) is 8.13. The molecule has 0 saturated carbocycles. The number of ether oxygens (including phenoxy) is 2. The Morgan fingerprint density at radius 2 is 1.71 bits per heavy atom. The Labute approximate surface area is 163 Å². The average Bonchev–Trinajstić information content (AvgIpc) is 2.68. The summed E-state index contributed by atoms with van der Waals surface area (Å²) in [5, 5.41) is 11.5. The van der Waals surface area contributed by atoms with Gasteiger partial charge in [0.1, 0.15) is 0 Å². The third kappa shape index (κ3) is 4.08. The highest BCUT2D eigenvalue weighted by Gasteiger charge is 2.31. The summed E-state index contributed by atoms with van der Waals surface area (Å²) in [5.41, 5.74) is -0.424. The second-order valence-corrected chi connectivity index (χ2v) is 8.44. The van der Waals surface area contributed by atoms with Crippen molar-refractivity contribution in [1.82, 2.24) is 4.31 Å². The van der Waals surface area contributed by atoms with Crippen LogP contribution in [0, 0.1) is 10.1 Å². The van der Waals surface area contributed by atoms with Crippen molar-refractivity contribution in [2.75, 3.05) is 40.3 Å². The van der Waals surface area contributed by atoms with Crippen molar-refractivity contribution in [3.05, 3.63) is 52.6 Å². The van der Waals surface area contributed by atoms with E-state index in [2.05, 4.69) is 0 Å². The molecule has 2 aromatic rings. The maximum absolute atomic E-state index is 12.9. The quantitative estimate of drug-likeness (QED) is 0.563. The van der Waals surface area contributed by atoms with E-state index < -0.39 is 20.6 Å². The van der Waals surface area contributed by atoms with Crippen LogP contribution < -0.4 is 14.4 Å². The van der Waals surface area contributed by atoms with Gasteiger partial charge in [0.05, 0.1) is 50.2 Å². The van der Waals surface area contributed by atoms with Crippen molar-refractivity contribution in [1.29, 1.82) is 0 Å². The second-order valence-electron chi connectivity index (χ2n) is 6.50. The van der Waals surface area contributed by atoms with E-state index in [9.17, 15) is 18.5 Å². The Morgan fingerprint density at radius 1 is 1.07 bits per heavy atom. The van der Waals surface area contributed by atoms with Crippen LogP contribution in [0.25, 0.3) is 0 Å². The summed E-state index contributed by atoms with van der Waals surface area (Å²) in [6.07, 6.45) is 0. The van der Waals surface area contributed by atoms with Gasteiger partial charge in [-0.15, -0.1) is 0 Å². The lowest BCUT2D eigenvalue weighted by Crippen LogP contribution is -3.12. The summed E-state index contributed by atoms with van der Waals surface area (Å²) in [4.78, 5) is 12.0. The lowest BCUT2D eigenvalue weighted by atomic mass is 10.3. The van der Waals surface area contributed by atoms with Crippen LogP contribution in [0.5, 0.6) is 17.2 Å². The minimum atomic E-state index is -3.81. The van der Waals surface area contributed by atoms with Crippen LogP contribution in [0.3, 0.4) is 0 Å². The molecule has 1 heterocycles. The van der Waals surface area contributed by atoms with Crippen molar-refractivity contribution in [2.24, 2.45) is 0 Å². The van der Waals surface area contributed by atoms with Gasteiger partial charge in [-0.25, -0.2) is 8.42 Å². The molecule has 10 heteroatoms. The monoisotopic (exact) mass is 408 g/mol. The Bertz CT molecular complexity index is 971. The smallest absolute Gasteiger partial charge is 0.312 e. The maximum Gasteiger partial charge on any atom is 0.312 e. The predicted octanol–water partition coefficient (Wildman–Crippen LogP) is 0.915. The van der Waals surface area contributed by atoms with Crippen LogP contribution in [0.4, 0.5) is 5.69 Å². The normalized spacial score (nSPS) is 15.9. The first-order valence-electron chi connectivity index (χ1n) is 8.73. The molecule has 2 aromatic carbocycles. The fourth-order valence-corrected chi connectivity index (χ4v) is 4.43. The molecule has 1 N–H and O–H groups in total. The molecule has 28 heavy (non-hydrogen) atoms.